The van der Waals surface area contributed by atoms with Gasteiger partial charge in [0.2, 0.25) is 0 Å². The minimum absolute atomic E-state index is 0.381. The second kappa shape index (κ2) is 4.70. The normalized spacial score (nSPS) is 29.6. The van der Waals surface area contributed by atoms with E-state index in [-0.39, 0.29) is 0 Å². The van der Waals surface area contributed by atoms with E-state index < -0.39 is 5.60 Å². The second-order valence-electron chi connectivity index (χ2n) is 6.61. The molecule has 0 spiro atoms. The van der Waals surface area contributed by atoms with Gasteiger partial charge in [-0.05, 0) is 32.3 Å². The van der Waals surface area contributed by atoms with Gasteiger partial charge < -0.3 is 10.0 Å². The molecule has 2 aromatic rings. The zero-order chi connectivity index (χ0) is 14.4. The van der Waals surface area contributed by atoms with E-state index in [1.165, 1.54) is 12.8 Å². The molecule has 1 saturated carbocycles. The van der Waals surface area contributed by atoms with Crippen LogP contribution in [0.5, 0.6) is 0 Å². The van der Waals surface area contributed by atoms with Crippen molar-refractivity contribution < 1.29 is 5.11 Å². The zero-order valence-corrected chi connectivity index (χ0v) is 12.5. The van der Waals surface area contributed by atoms with Crippen molar-refractivity contribution in [2.75, 3.05) is 18.0 Å². The molecule has 0 aromatic carbocycles. The molecule has 5 heteroatoms. The molecular formula is C16H22N4O. The maximum atomic E-state index is 10.8. The van der Waals surface area contributed by atoms with Gasteiger partial charge in [0, 0.05) is 31.4 Å². The van der Waals surface area contributed by atoms with Gasteiger partial charge in [-0.2, -0.15) is 5.10 Å². The first-order valence-electron chi connectivity index (χ1n) is 7.94. The van der Waals surface area contributed by atoms with E-state index >= 15 is 0 Å². The van der Waals surface area contributed by atoms with Crippen molar-refractivity contribution in [3.05, 3.63) is 24.2 Å². The molecule has 1 saturated heterocycles. The topological polar surface area (TPSA) is 53.7 Å². The van der Waals surface area contributed by atoms with Gasteiger partial charge >= 0.3 is 0 Å². The highest BCUT2D eigenvalue weighted by Gasteiger charge is 2.43. The predicted molar refractivity (Wildman–Crippen MR) is 81.5 cm³/mol. The second-order valence-corrected chi connectivity index (χ2v) is 6.61. The van der Waals surface area contributed by atoms with Crippen LogP contribution in [0.3, 0.4) is 0 Å². The molecule has 1 N–H and O–H groups in total. The molecule has 21 heavy (non-hydrogen) atoms. The highest BCUT2D eigenvalue weighted by molar-refractivity contribution is 5.69. The minimum atomic E-state index is -0.435. The van der Waals surface area contributed by atoms with Crippen molar-refractivity contribution in [1.29, 1.82) is 0 Å². The quantitative estimate of drug-likeness (QED) is 0.873. The Morgan fingerprint density at radius 2 is 2.24 bits per heavy atom. The minimum Gasteiger partial charge on any atom is -0.389 e. The Morgan fingerprint density at radius 3 is 3.14 bits per heavy atom. The fraction of sp³-hybridized carbons (Fsp3) is 0.625. The average molecular weight is 286 g/mol. The smallest absolute Gasteiger partial charge is 0.154 e. The molecule has 2 unspecified atom stereocenters. The molecule has 0 radical (unpaired) electrons. The number of aliphatic hydroxyl groups is 1. The Bertz CT molecular complexity index is 667. The van der Waals surface area contributed by atoms with E-state index in [9.17, 15) is 5.11 Å². The fourth-order valence-electron chi connectivity index (χ4n) is 4.04. The summed E-state index contributed by atoms with van der Waals surface area (Å²) in [5.41, 5.74) is 1.64. The van der Waals surface area contributed by atoms with Gasteiger partial charge in [0.25, 0.3) is 0 Å². The van der Waals surface area contributed by atoms with Crippen molar-refractivity contribution in [3.8, 4) is 0 Å². The van der Waals surface area contributed by atoms with Gasteiger partial charge in [0.15, 0.2) is 5.82 Å². The zero-order valence-electron chi connectivity index (χ0n) is 12.5. The average Bonchev–Trinajstić information content (AvgIpc) is 2.86. The lowest BCUT2D eigenvalue weighted by Crippen LogP contribution is -2.53. The molecule has 1 aliphatic heterocycles. The molecule has 2 fully saturated rings. The Balaban J connectivity index is 1.67. The number of fused-ring (bicyclic) bond motifs is 2. The molecule has 0 bridgehead atoms. The highest BCUT2D eigenvalue weighted by atomic mass is 16.3. The summed E-state index contributed by atoms with van der Waals surface area (Å²) in [7, 11) is 0. The Kier molecular flexibility index (Phi) is 2.92. The first kappa shape index (κ1) is 13.1. The van der Waals surface area contributed by atoms with Gasteiger partial charge in [-0.3, -0.25) is 0 Å². The maximum Gasteiger partial charge on any atom is 0.154 e. The molecular weight excluding hydrogens is 264 g/mol. The molecule has 2 aromatic heterocycles. The molecule has 3 heterocycles. The summed E-state index contributed by atoms with van der Waals surface area (Å²) in [6.07, 6.45) is 9.08. The van der Waals surface area contributed by atoms with Crippen LogP contribution in [0.2, 0.25) is 0 Å². The predicted octanol–water partition coefficient (Wildman–Crippen LogP) is 2.17. The van der Waals surface area contributed by atoms with Crippen LogP contribution in [0, 0.1) is 12.8 Å². The molecule has 2 aliphatic rings. The third-order valence-electron chi connectivity index (χ3n) is 5.22. The van der Waals surface area contributed by atoms with Gasteiger partial charge in [-0.25, -0.2) is 9.50 Å². The Labute approximate surface area is 124 Å². The molecule has 2 atom stereocenters. The lowest BCUT2D eigenvalue weighted by Gasteiger charge is -2.47. The first-order chi connectivity index (χ1) is 10.2. The highest BCUT2D eigenvalue weighted by Crippen LogP contribution is 2.41. The fourth-order valence-corrected chi connectivity index (χ4v) is 4.04. The van der Waals surface area contributed by atoms with Crippen LogP contribution in [-0.4, -0.2) is 38.4 Å². The molecule has 112 valence electrons. The number of hydrogen-bond donors (Lipinski definition) is 1. The van der Waals surface area contributed by atoms with E-state index in [1.807, 2.05) is 23.8 Å². The van der Waals surface area contributed by atoms with E-state index in [0.717, 1.165) is 49.4 Å². The van der Waals surface area contributed by atoms with Gasteiger partial charge in [-0.15, -0.1) is 0 Å². The monoisotopic (exact) mass is 286 g/mol. The van der Waals surface area contributed by atoms with Crippen LogP contribution in [0.25, 0.3) is 5.52 Å². The molecule has 4 rings (SSSR count). The summed E-state index contributed by atoms with van der Waals surface area (Å²) >= 11 is 0. The summed E-state index contributed by atoms with van der Waals surface area (Å²) in [4.78, 5) is 6.92. The van der Waals surface area contributed by atoms with E-state index in [0.29, 0.717) is 5.92 Å². The van der Waals surface area contributed by atoms with Gasteiger partial charge in [0.1, 0.15) is 5.52 Å². The third kappa shape index (κ3) is 2.11. The van der Waals surface area contributed by atoms with Gasteiger partial charge in [-0.1, -0.05) is 12.8 Å². The van der Waals surface area contributed by atoms with Crippen LogP contribution >= 0.6 is 0 Å². The SMILES string of the molecule is Cc1cc2c(N3CCC4(O)CCCCC4C3)nccn2n1. The summed E-state index contributed by atoms with van der Waals surface area (Å²) in [6.45, 7) is 3.80. The van der Waals surface area contributed by atoms with Crippen LogP contribution in [-0.2, 0) is 0 Å². The summed E-state index contributed by atoms with van der Waals surface area (Å²) in [5, 5.41) is 15.3. The summed E-state index contributed by atoms with van der Waals surface area (Å²) < 4.78 is 1.90. The number of rotatable bonds is 1. The van der Waals surface area contributed by atoms with Crippen molar-refractivity contribution in [1.82, 2.24) is 14.6 Å². The van der Waals surface area contributed by atoms with Crippen molar-refractivity contribution in [3.63, 3.8) is 0 Å². The Hall–Kier alpha value is -1.62. The van der Waals surface area contributed by atoms with Crippen molar-refractivity contribution in [2.45, 2.75) is 44.6 Å². The van der Waals surface area contributed by atoms with Crippen molar-refractivity contribution in [2.24, 2.45) is 5.92 Å². The number of hydrogen-bond acceptors (Lipinski definition) is 4. The largest absolute Gasteiger partial charge is 0.389 e. The molecule has 0 amide bonds. The number of aromatic nitrogens is 3. The molecule has 5 nitrogen and oxygen atoms in total. The van der Waals surface area contributed by atoms with Crippen LogP contribution < -0.4 is 4.90 Å². The first-order valence-corrected chi connectivity index (χ1v) is 7.94. The Morgan fingerprint density at radius 1 is 1.33 bits per heavy atom. The number of piperidine rings is 1. The third-order valence-corrected chi connectivity index (χ3v) is 5.22. The number of aryl methyl sites for hydroxylation is 1. The van der Waals surface area contributed by atoms with E-state index in [4.69, 9.17) is 0 Å². The lowest BCUT2D eigenvalue weighted by molar-refractivity contribution is -0.0613. The lowest BCUT2D eigenvalue weighted by atomic mass is 9.71. The molecule has 1 aliphatic carbocycles. The van der Waals surface area contributed by atoms with E-state index in [1.54, 1.807) is 0 Å². The number of anilines is 1. The van der Waals surface area contributed by atoms with Crippen LogP contribution in [0.4, 0.5) is 5.82 Å². The van der Waals surface area contributed by atoms with Crippen molar-refractivity contribution >= 4 is 11.3 Å². The van der Waals surface area contributed by atoms with Gasteiger partial charge in [0.05, 0.1) is 11.3 Å². The summed E-state index contributed by atoms with van der Waals surface area (Å²) in [5.74, 6) is 1.39. The summed E-state index contributed by atoms with van der Waals surface area (Å²) in [6, 6.07) is 2.09. The van der Waals surface area contributed by atoms with Crippen LogP contribution in [0.15, 0.2) is 18.5 Å². The van der Waals surface area contributed by atoms with E-state index in [2.05, 4.69) is 21.0 Å². The standard InChI is InChI=1S/C16H22N4O/c1-12-10-14-15(17-7-9-20(14)18-12)19-8-6-16(21)5-3-2-4-13(16)11-19/h7,9-10,13,21H,2-6,8,11H2,1H3. The maximum absolute atomic E-state index is 10.8. The van der Waals surface area contributed by atoms with Crippen LogP contribution in [0.1, 0.15) is 37.8 Å². The number of nitrogens with zero attached hydrogens (tertiary/aromatic N) is 4.